The highest BCUT2D eigenvalue weighted by molar-refractivity contribution is 8.39. The summed E-state index contributed by atoms with van der Waals surface area (Å²) >= 11 is 4.21. The van der Waals surface area contributed by atoms with Crippen LogP contribution in [-0.2, 0) is 14.8 Å². The molecule has 1 amide bonds. The monoisotopic (exact) mass is 429 g/mol. The second kappa shape index (κ2) is 8.37. The van der Waals surface area contributed by atoms with Crippen LogP contribution >= 0.6 is 34.9 Å². The third-order valence-electron chi connectivity index (χ3n) is 3.08. The smallest absolute Gasteiger partial charge is 0.263 e. The molecule has 0 fully saturated rings. The number of amides is 1. The van der Waals surface area contributed by atoms with Gasteiger partial charge in [0.25, 0.3) is 10.0 Å². The number of hydrogen-bond acceptors (Lipinski definition) is 9. The molecule has 12 heteroatoms. The van der Waals surface area contributed by atoms with E-state index < -0.39 is 10.0 Å². The molecule has 138 valence electrons. The number of aromatic nitrogens is 2. The van der Waals surface area contributed by atoms with Crippen molar-refractivity contribution in [3.63, 3.8) is 0 Å². The molecule has 0 saturated carbocycles. The van der Waals surface area contributed by atoms with Gasteiger partial charge in [0.2, 0.25) is 11.0 Å². The molecule has 1 aromatic heterocycles. The summed E-state index contributed by atoms with van der Waals surface area (Å²) in [4.78, 5) is 16.3. The largest absolute Gasteiger partial charge is 0.325 e. The molecule has 0 unspecified atom stereocenters. The van der Waals surface area contributed by atoms with Crippen molar-refractivity contribution < 1.29 is 13.2 Å². The fourth-order valence-electron chi connectivity index (χ4n) is 1.96. The molecule has 2 heterocycles. The predicted octanol–water partition coefficient (Wildman–Crippen LogP) is 2.42. The first-order chi connectivity index (χ1) is 12.4. The van der Waals surface area contributed by atoms with Crippen molar-refractivity contribution in [2.75, 3.05) is 28.1 Å². The lowest BCUT2D eigenvalue weighted by molar-refractivity contribution is -0.113. The van der Waals surface area contributed by atoms with Crippen LogP contribution < -0.4 is 10.0 Å². The molecule has 8 nitrogen and oxygen atoms in total. The van der Waals surface area contributed by atoms with Crippen LogP contribution in [0.4, 0.5) is 10.8 Å². The zero-order chi connectivity index (χ0) is 18.6. The Bertz CT molecular complexity index is 924. The average Bonchev–Trinajstić information content (AvgIpc) is 3.25. The molecule has 0 aliphatic carbocycles. The minimum absolute atomic E-state index is 0.0782. The summed E-state index contributed by atoms with van der Waals surface area (Å²) in [6.45, 7) is 2.54. The van der Waals surface area contributed by atoms with Gasteiger partial charge in [0.15, 0.2) is 0 Å². The Kier molecular flexibility index (Phi) is 6.16. The zero-order valence-corrected chi connectivity index (χ0v) is 16.9. The van der Waals surface area contributed by atoms with Gasteiger partial charge in [0, 0.05) is 11.4 Å². The van der Waals surface area contributed by atoms with Gasteiger partial charge in [0.05, 0.1) is 17.2 Å². The van der Waals surface area contributed by atoms with Crippen molar-refractivity contribution in [2.45, 2.75) is 11.8 Å². The van der Waals surface area contributed by atoms with E-state index in [2.05, 4.69) is 25.2 Å². The van der Waals surface area contributed by atoms with Crippen LogP contribution in [0.3, 0.4) is 0 Å². The predicted molar refractivity (Wildman–Crippen MR) is 108 cm³/mol. The Morgan fingerprint density at radius 1 is 1.27 bits per heavy atom. The average molecular weight is 430 g/mol. The number of hydrogen-bond donors (Lipinski definition) is 2. The van der Waals surface area contributed by atoms with Gasteiger partial charge >= 0.3 is 0 Å². The van der Waals surface area contributed by atoms with Gasteiger partial charge in [-0.1, -0.05) is 34.9 Å². The van der Waals surface area contributed by atoms with Gasteiger partial charge in [-0.25, -0.2) is 8.42 Å². The molecule has 1 aliphatic rings. The third kappa shape index (κ3) is 5.19. The van der Waals surface area contributed by atoms with Crippen molar-refractivity contribution in [3.8, 4) is 0 Å². The Morgan fingerprint density at radius 3 is 2.65 bits per heavy atom. The molecule has 0 bridgehead atoms. The summed E-state index contributed by atoms with van der Waals surface area (Å²) in [7, 11) is -3.74. The zero-order valence-electron chi connectivity index (χ0n) is 13.6. The van der Waals surface area contributed by atoms with E-state index >= 15 is 0 Å². The van der Waals surface area contributed by atoms with Crippen molar-refractivity contribution in [3.05, 3.63) is 29.3 Å². The number of aryl methyl sites for hydroxylation is 1. The van der Waals surface area contributed by atoms with E-state index in [0.29, 0.717) is 10.7 Å². The van der Waals surface area contributed by atoms with Crippen LogP contribution in [0.5, 0.6) is 0 Å². The van der Waals surface area contributed by atoms with E-state index in [9.17, 15) is 13.2 Å². The molecule has 1 aliphatic heterocycles. The van der Waals surface area contributed by atoms with Crippen molar-refractivity contribution in [1.29, 1.82) is 0 Å². The number of nitrogens with zero attached hydrogens (tertiary/aromatic N) is 3. The number of benzene rings is 1. The van der Waals surface area contributed by atoms with E-state index in [1.54, 1.807) is 30.8 Å². The standard InChI is InChI=1S/C14H15N5O3S4/c1-9-17-18-13(25-9)19-26(21,22)11-4-2-10(3-5-11)16-12(20)8-24-14-15-6-7-23-14/h2-5H,6-8H2,1H3,(H,16,20)(H,18,19). The number of sulfonamides is 1. The number of carbonyl (C=O) groups excluding carboxylic acids is 1. The molecule has 1 aromatic carbocycles. The van der Waals surface area contributed by atoms with E-state index in [4.69, 9.17) is 0 Å². The van der Waals surface area contributed by atoms with Crippen LogP contribution in [-0.4, -0.2) is 46.9 Å². The van der Waals surface area contributed by atoms with Crippen LogP contribution in [0.1, 0.15) is 5.01 Å². The first-order valence-corrected chi connectivity index (χ1v) is 11.7. The first kappa shape index (κ1) is 19.1. The molecule has 2 aromatic rings. The summed E-state index contributed by atoms with van der Waals surface area (Å²) in [5, 5.41) is 11.1. The van der Waals surface area contributed by atoms with Crippen LogP contribution in [0.15, 0.2) is 34.2 Å². The molecular formula is C14H15N5O3S4. The minimum Gasteiger partial charge on any atom is -0.325 e. The fourth-order valence-corrected chi connectivity index (χ4v) is 5.59. The lowest BCUT2D eigenvalue weighted by Crippen LogP contribution is -2.15. The normalized spacial score (nSPS) is 14.1. The van der Waals surface area contributed by atoms with Gasteiger partial charge in [-0.15, -0.1) is 10.2 Å². The topological polar surface area (TPSA) is 113 Å². The van der Waals surface area contributed by atoms with E-state index in [-0.39, 0.29) is 21.7 Å². The molecule has 0 saturated heterocycles. The fraction of sp³-hybridized carbons (Fsp3) is 0.286. The van der Waals surface area contributed by atoms with Crippen molar-refractivity contribution >= 4 is 66.0 Å². The molecule has 2 N–H and O–H groups in total. The Hall–Kier alpha value is -1.63. The van der Waals surface area contributed by atoms with E-state index in [1.807, 2.05) is 0 Å². The van der Waals surface area contributed by atoms with E-state index in [1.165, 1.54) is 23.9 Å². The van der Waals surface area contributed by atoms with Crippen molar-refractivity contribution in [1.82, 2.24) is 10.2 Å². The second-order valence-corrected chi connectivity index (χ2v) is 10.3. The molecule has 0 spiro atoms. The SMILES string of the molecule is Cc1nnc(NS(=O)(=O)c2ccc(NC(=O)CSC3=NCCS3)cc2)s1. The van der Waals surface area contributed by atoms with Crippen molar-refractivity contribution in [2.24, 2.45) is 4.99 Å². The Labute approximate surface area is 163 Å². The van der Waals surface area contributed by atoms with Gasteiger partial charge in [-0.2, -0.15) is 0 Å². The maximum Gasteiger partial charge on any atom is 0.263 e. The molecule has 26 heavy (non-hydrogen) atoms. The third-order valence-corrected chi connectivity index (χ3v) is 7.57. The van der Waals surface area contributed by atoms with Gasteiger partial charge in [-0.05, 0) is 31.2 Å². The summed E-state index contributed by atoms with van der Waals surface area (Å²) in [6.07, 6.45) is 0. The molecule has 0 radical (unpaired) electrons. The highest BCUT2D eigenvalue weighted by Crippen LogP contribution is 2.23. The number of anilines is 2. The van der Waals surface area contributed by atoms with Crippen LogP contribution in [0, 0.1) is 6.92 Å². The van der Waals surface area contributed by atoms with Crippen LogP contribution in [0.2, 0.25) is 0 Å². The summed E-state index contributed by atoms with van der Waals surface area (Å²) in [6, 6.07) is 5.94. The number of aliphatic imine (C=N–C) groups is 1. The highest BCUT2D eigenvalue weighted by Gasteiger charge is 2.17. The van der Waals surface area contributed by atoms with E-state index in [0.717, 1.165) is 28.0 Å². The van der Waals surface area contributed by atoms with Gasteiger partial charge in [0.1, 0.15) is 9.38 Å². The maximum atomic E-state index is 12.3. The van der Waals surface area contributed by atoms with Gasteiger partial charge < -0.3 is 5.32 Å². The molecular weight excluding hydrogens is 414 g/mol. The Balaban J connectivity index is 1.57. The first-order valence-electron chi connectivity index (χ1n) is 7.45. The van der Waals surface area contributed by atoms with Crippen LogP contribution in [0.25, 0.3) is 0 Å². The number of thioether (sulfide) groups is 2. The summed E-state index contributed by atoms with van der Waals surface area (Å²) in [5.41, 5.74) is 0.530. The second-order valence-electron chi connectivity index (χ2n) is 5.09. The number of rotatable bonds is 6. The Morgan fingerprint density at radius 2 is 2.04 bits per heavy atom. The minimum atomic E-state index is -3.74. The maximum absolute atomic E-state index is 12.3. The highest BCUT2D eigenvalue weighted by atomic mass is 32.2. The number of carbonyl (C=O) groups is 1. The quantitative estimate of drug-likeness (QED) is 0.725. The lowest BCUT2D eigenvalue weighted by Gasteiger charge is -2.07. The molecule has 3 rings (SSSR count). The summed E-state index contributed by atoms with van der Waals surface area (Å²) < 4.78 is 27.9. The van der Waals surface area contributed by atoms with Gasteiger partial charge in [-0.3, -0.25) is 14.5 Å². The molecule has 0 atom stereocenters. The summed E-state index contributed by atoms with van der Waals surface area (Å²) in [5.74, 6) is 1.07. The number of nitrogens with one attached hydrogen (secondary N) is 2. The lowest BCUT2D eigenvalue weighted by atomic mass is 10.3.